The Morgan fingerprint density at radius 2 is 2.29 bits per heavy atom. The van der Waals surface area contributed by atoms with Crippen LogP contribution >= 0.6 is 27.5 Å². The fourth-order valence-electron chi connectivity index (χ4n) is 1.02. The summed E-state index contributed by atoms with van der Waals surface area (Å²) in [6.07, 6.45) is 0. The molecule has 5 heteroatoms. The van der Waals surface area contributed by atoms with Gasteiger partial charge in [0.2, 0.25) is 0 Å². The van der Waals surface area contributed by atoms with Crippen LogP contribution < -0.4 is 0 Å². The number of hydrogen-bond acceptors (Lipinski definition) is 2. The van der Waals surface area contributed by atoms with Gasteiger partial charge in [0.1, 0.15) is 0 Å². The third-order valence-corrected chi connectivity index (χ3v) is 2.90. The number of nitrogens with zero attached hydrogens (tertiary/aromatic N) is 1. The minimum Gasteiger partial charge on any atom is -0.478 e. The first-order valence-corrected chi connectivity index (χ1v) is 4.95. The van der Waals surface area contributed by atoms with Crippen molar-refractivity contribution < 1.29 is 9.90 Å². The van der Waals surface area contributed by atoms with Crippen LogP contribution in [0.25, 0.3) is 0 Å². The van der Waals surface area contributed by atoms with Gasteiger partial charge in [-0.05, 0) is 33.6 Å². The molecule has 72 valence electrons. The molecule has 1 aromatic rings. The zero-order valence-corrected chi connectivity index (χ0v) is 9.26. The van der Waals surface area contributed by atoms with E-state index in [4.69, 9.17) is 22.0 Å². The molecule has 0 unspecified atom stereocenters. The van der Waals surface area contributed by atoms with E-state index >= 15 is 0 Å². The van der Waals surface area contributed by atoms with E-state index < -0.39 is 5.97 Å². The molecule has 1 aromatic carbocycles. The van der Waals surface area contributed by atoms with Gasteiger partial charge in [0.05, 0.1) is 17.2 Å². The normalized spacial score (nSPS) is 9.50. The van der Waals surface area contributed by atoms with Crippen molar-refractivity contribution in [2.24, 2.45) is 0 Å². The molecule has 0 bridgehead atoms. The molecule has 0 atom stereocenters. The Kier molecular flexibility index (Phi) is 3.50. The molecule has 0 aliphatic carbocycles. The van der Waals surface area contributed by atoms with Crippen LogP contribution in [0.3, 0.4) is 0 Å². The van der Waals surface area contributed by atoms with Crippen molar-refractivity contribution in [2.75, 3.05) is 0 Å². The molecule has 0 fully saturated rings. The molecule has 3 nitrogen and oxygen atoms in total. The van der Waals surface area contributed by atoms with Gasteiger partial charge in [-0.3, -0.25) is 0 Å². The van der Waals surface area contributed by atoms with Crippen molar-refractivity contribution in [2.45, 2.75) is 5.88 Å². The van der Waals surface area contributed by atoms with Crippen LogP contribution in [0.15, 0.2) is 16.6 Å². The van der Waals surface area contributed by atoms with Crippen molar-refractivity contribution in [1.29, 1.82) is 5.26 Å². The highest BCUT2D eigenvalue weighted by atomic mass is 79.9. The molecule has 0 spiro atoms. The molecule has 0 saturated carbocycles. The average molecular weight is 275 g/mol. The number of carboxylic acid groups (broad SMARTS) is 1. The fraction of sp³-hybridized carbons (Fsp3) is 0.111. The second kappa shape index (κ2) is 4.45. The largest absolute Gasteiger partial charge is 0.478 e. The zero-order chi connectivity index (χ0) is 10.7. The van der Waals surface area contributed by atoms with Crippen molar-refractivity contribution in [3.8, 4) is 6.07 Å². The first-order valence-electron chi connectivity index (χ1n) is 3.62. The van der Waals surface area contributed by atoms with Crippen molar-refractivity contribution in [3.63, 3.8) is 0 Å². The van der Waals surface area contributed by atoms with E-state index in [2.05, 4.69) is 15.9 Å². The lowest BCUT2D eigenvalue weighted by atomic mass is 10.1. The molecule has 1 rings (SSSR count). The number of benzene rings is 1. The monoisotopic (exact) mass is 273 g/mol. The Hall–Kier alpha value is -1.05. The van der Waals surface area contributed by atoms with E-state index in [1.807, 2.05) is 6.07 Å². The highest BCUT2D eigenvalue weighted by Gasteiger charge is 2.14. The van der Waals surface area contributed by atoms with Crippen molar-refractivity contribution in [1.82, 2.24) is 0 Å². The number of aromatic carboxylic acids is 1. The summed E-state index contributed by atoms with van der Waals surface area (Å²) in [7, 11) is 0. The zero-order valence-electron chi connectivity index (χ0n) is 6.92. The second-order valence-corrected chi connectivity index (χ2v) is 3.56. The van der Waals surface area contributed by atoms with E-state index in [1.165, 1.54) is 12.1 Å². The summed E-state index contributed by atoms with van der Waals surface area (Å²) in [6.45, 7) is 0. The summed E-state index contributed by atoms with van der Waals surface area (Å²) in [5.41, 5.74) is 1.01. The number of rotatable bonds is 2. The number of hydrogen-bond donors (Lipinski definition) is 1. The molecule has 0 heterocycles. The van der Waals surface area contributed by atoms with Gasteiger partial charge in [0.15, 0.2) is 0 Å². The van der Waals surface area contributed by atoms with Gasteiger partial charge in [0, 0.05) is 10.4 Å². The molecule has 0 radical (unpaired) electrons. The second-order valence-electron chi connectivity index (χ2n) is 2.50. The van der Waals surface area contributed by atoms with Gasteiger partial charge in [-0.25, -0.2) is 4.79 Å². The number of carbonyl (C=O) groups is 1. The minimum absolute atomic E-state index is 0.102. The third kappa shape index (κ3) is 1.89. The number of halogens is 2. The van der Waals surface area contributed by atoms with Crippen molar-refractivity contribution in [3.05, 3.63) is 33.3 Å². The molecule has 14 heavy (non-hydrogen) atoms. The molecular weight excluding hydrogens is 269 g/mol. The first kappa shape index (κ1) is 11.0. The molecule has 0 aliphatic rings. The van der Waals surface area contributed by atoms with Crippen LogP contribution in [-0.2, 0) is 5.88 Å². The Balaban J connectivity index is 3.44. The van der Waals surface area contributed by atoms with Gasteiger partial charge >= 0.3 is 5.97 Å². The van der Waals surface area contributed by atoms with Gasteiger partial charge in [0.25, 0.3) is 0 Å². The summed E-state index contributed by atoms with van der Waals surface area (Å²) in [5, 5.41) is 17.5. The molecular formula is C9H5BrClNO2. The highest BCUT2D eigenvalue weighted by molar-refractivity contribution is 9.10. The summed E-state index contributed by atoms with van der Waals surface area (Å²) >= 11 is 8.74. The van der Waals surface area contributed by atoms with Crippen molar-refractivity contribution >= 4 is 33.5 Å². The van der Waals surface area contributed by atoms with Crippen LogP contribution in [0.4, 0.5) is 0 Å². The quantitative estimate of drug-likeness (QED) is 0.844. The van der Waals surface area contributed by atoms with E-state index in [-0.39, 0.29) is 11.4 Å². The summed E-state index contributed by atoms with van der Waals surface area (Å²) in [4.78, 5) is 10.7. The van der Waals surface area contributed by atoms with Crippen LogP contribution in [-0.4, -0.2) is 11.1 Å². The van der Waals surface area contributed by atoms with Gasteiger partial charge < -0.3 is 5.11 Å². The van der Waals surface area contributed by atoms with Gasteiger partial charge in [-0.2, -0.15) is 5.26 Å². The predicted molar refractivity (Wildman–Crippen MR) is 55.4 cm³/mol. The molecule has 0 amide bonds. The Bertz CT molecular complexity index is 426. The maximum absolute atomic E-state index is 10.7. The summed E-state index contributed by atoms with van der Waals surface area (Å²) in [6, 6.07) is 4.77. The van der Waals surface area contributed by atoms with E-state index in [0.717, 1.165) is 0 Å². The van der Waals surface area contributed by atoms with E-state index in [1.54, 1.807) is 0 Å². The van der Waals surface area contributed by atoms with Crippen LogP contribution in [0.1, 0.15) is 21.5 Å². The number of alkyl halides is 1. The molecule has 1 N–H and O–H groups in total. The number of carboxylic acids is 1. The van der Waals surface area contributed by atoms with E-state index in [0.29, 0.717) is 15.6 Å². The predicted octanol–water partition coefficient (Wildman–Crippen LogP) is 2.76. The van der Waals surface area contributed by atoms with Gasteiger partial charge in [-0.1, -0.05) is 0 Å². The Morgan fingerprint density at radius 1 is 1.64 bits per heavy atom. The van der Waals surface area contributed by atoms with E-state index in [9.17, 15) is 4.79 Å². The topological polar surface area (TPSA) is 61.1 Å². The lowest BCUT2D eigenvalue weighted by molar-refractivity contribution is 0.0696. The third-order valence-electron chi connectivity index (χ3n) is 1.73. The first-order chi connectivity index (χ1) is 6.61. The standard InChI is InChI=1S/C9H5BrClNO2/c10-8-6(9(13)14)2-1-5(4-12)7(8)3-11/h1-2H,3H2,(H,13,14). The smallest absolute Gasteiger partial charge is 0.336 e. The van der Waals surface area contributed by atoms with Gasteiger partial charge in [-0.15, -0.1) is 11.6 Å². The highest BCUT2D eigenvalue weighted by Crippen LogP contribution is 2.26. The fourth-order valence-corrected chi connectivity index (χ4v) is 2.12. The molecule has 0 saturated heterocycles. The van der Waals surface area contributed by atoms with Crippen LogP contribution in [0.5, 0.6) is 0 Å². The molecule has 0 aromatic heterocycles. The summed E-state index contributed by atoms with van der Waals surface area (Å²) in [5.74, 6) is -0.947. The summed E-state index contributed by atoms with van der Waals surface area (Å²) < 4.78 is 0.374. The maximum atomic E-state index is 10.7. The molecule has 0 aliphatic heterocycles. The number of nitriles is 1. The van der Waals surface area contributed by atoms with Crippen LogP contribution in [0.2, 0.25) is 0 Å². The van der Waals surface area contributed by atoms with Crippen LogP contribution in [0, 0.1) is 11.3 Å². The SMILES string of the molecule is N#Cc1ccc(C(=O)O)c(Br)c1CCl. The Morgan fingerprint density at radius 3 is 2.71 bits per heavy atom. The Labute approximate surface area is 94.0 Å². The lowest BCUT2D eigenvalue weighted by Crippen LogP contribution is -2.01. The minimum atomic E-state index is -1.05. The maximum Gasteiger partial charge on any atom is 0.336 e. The lowest BCUT2D eigenvalue weighted by Gasteiger charge is -2.05. The average Bonchev–Trinajstić information content (AvgIpc) is 2.16.